The van der Waals surface area contributed by atoms with E-state index >= 15 is 0 Å². The summed E-state index contributed by atoms with van der Waals surface area (Å²) in [5, 5.41) is 0.0842. The van der Waals surface area contributed by atoms with Crippen molar-refractivity contribution in [2.45, 2.75) is 51.9 Å². The van der Waals surface area contributed by atoms with Gasteiger partial charge in [-0.25, -0.2) is 4.79 Å². The predicted octanol–water partition coefficient (Wildman–Crippen LogP) is 3.13. The van der Waals surface area contributed by atoms with Crippen molar-refractivity contribution in [3.05, 3.63) is 12.2 Å². The third-order valence-corrected chi connectivity index (χ3v) is 7.48. The van der Waals surface area contributed by atoms with Crippen molar-refractivity contribution in [2.75, 3.05) is 7.11 Å². The van der Waals surface area contributed by atoms with Gasteiger partial charge in [-0.05, 0) is 25.1 Å². The summed E-state index contributed by atoms with van der Waals surface area (Å²) in [7, 11) is -0.554. The van der Waals surface area contributed by atoms with Crippen LogP contribution in [0.15, 0.2) is 12.2 Å². The molecule has 4 heteroatoms. The highest BCUT2D eigenvalue weighted by atomic mass is 28.4. The summed E-state index contributed by atoms with van der Waals surface area (Å²) in [5.41, 5.74) is 0. The van der Waals surface area contributed by atoms with Gasteiger partial charge < -0.3 is 9.16 Å². The van der Waals surface area contributed by atoms with Gasteiger partial charge in [0.2, 0.25) is 0 Å². The molecule has 94 valence electrons. The van der Waals surface area contributed by atoms with E-state index in [1.807, 2.05) is 13.0 Å². The first-order chi connectivity index (χ1) is 7.15. The van der Waals surface area contributed by atoms with E-state index in [1.165, 1.54) is 7.11 Å². The summed E-state index contributed by atoms with van der Waals surface area (Å²) in [6.45, 7) is 12.5. The second-order valence-corrected chi connectivity index (χ2v) is 10.1. The Bertz CT molecular complexity index is 264. The van der Waals surface area contributed by atoms with Crippen LogP contribution in [0.1, 0.15) is 27.7 Å². The van der Waals surface area contributed by atoms with Gasteiger partial charge in [-0.1, -0.05) is 32.9 Å². The zero-order chi connectivity index (χ0) is 13.0. The molecule has 0 radical (unpaired) electrons. The highest BCUT2D eigenvalue weighted by Gasteiger charge is 2.40. The van der Waals surface area contributed by atoms with Crippen LogP contribution in [0.25, 0.3) is 0 Å². The average molecular weight is 244 g/mol. The Morgan fingerprint density at radius 3 is 2.12 bits per heavy atom. The third kappa shape index (κ3) is 4.10. The normalized spacial score (nSPS) is 15.2. The van der Waals surface area contributed by atoms with Gasteiger partial charge in [-0.15, -0.1) is 0 Å². The van der Waals surface area contributed by atoms with E-state index in [1.54, 1.807) is 6.08 Å². The molecule has 0 aliphatic rings. The van der Waals surface area contributed by atoms with Gasteiger partial charge in [-0.3, -0.25) is 0 Å². The van der Waals surface area contributed by atoms with Crippen molar-refractivity contribution in [2.24, 2.45) is 0 Å². The van der Waals surface area contributed by atoms with Crippen LogP contribution < -0.4 is 0 Å². The van der Waals surface area contributed by atoms with E-state index in [9.17, 15) is 4.79 Å². The Kier molecular flexibility index (Phi) is 5.42. The quantitative estimate of drug-likeness (QED) is 0.433. The Morgan fingerprint density at radius 1 is 1.31 bits per heavy atom. The Hall–Kier alpha value is -0.613. The van der Waals surface area contributed by atoms with Crippen molar-refractivity contribution in [3.8, 4) is 0 Å². The molecule has 16 heavy (non-hydrogen) atoms. The molecule has 3 nitrogen and oxygen atoms in total. The lowest BCUT2D eigenvalue weighted by Gasteiger charge is -2.37. The molecule has 0 heterocycles. The molecule has 0 aromatic rings. The van der Waals surface area contributed by atoms with Gasteiger partial charge in [-0.2, -0.15) is 0 Å². The standard InChI is InChI=1S/C12H24O3Si/c1-8-9-10(11(13)14-5)15-16(6,7)12(2,3)4/h8-10H,1-7H3. The predicted molar refractivity (Wildman–Crippen MR) is 68.9 cm³/mol. The van der Waals surface area contributed by atoms with Gasteiger partial charge in [0.15, 0.2) is 14.4 Å². The largest absolute Gasteiger partial charge is 0.467 e. The van der Waals surface area contributed by atoms with Crippen molar-refractivity contribution >= 4 is 14.3 Å². The first-order valence-electron chi connectivity index (χ1n) is 5.54. The topological polar surface area (TPSA) is 35.5 Å². The molecule has 0 aliphatic carbocycles. The molecule has 0 fully saturated rings. The van der Waals surface area contributed by atoms with Gasteiger partial charge in [0, 0.05) is 0 Å². The fourth-order valence-electron chi connectivity index (χ4n) is 0.951. The monoisotopic (exact) mass is 244 g/mol. The molecular formula is C12H24O3Si. The number of hydrogen-bond acceptors (Lipinski definition) is 3. The summed E-state index contributed by atoms with van der Waals surface area (Å²) >= 11 is 0. The second kappa shape index (κ2) is 5.64. The molecular weight excluding hydrogens is 220 g/mol. The van der Waals surface area contributed by atoms with Crippen LogP contribution in [0.5, 0.6) is 0 Å². The Morgan fingerprint density at radius 2 is 1.81 bits per heavy atom. The maximum Gasteiger partial charge on any atom is 0.337 e. The molecule has 0 amide bonds. The first-order valence-corrected chi connectivity index (χ1v) is 8.45. The maximum absolute atomic E-state index is 11.5. The first kappa shape index (κ1) is 15.4. The number of esters is 1. The SMILES string of the molecule is CC=CC(O[Si](C)(C)C(C)(C)C)C(=O)OC. The smallest absolute Gasteiger partial charge is 0.337 e. The van der Waals surface area contributed by atoms with E-state index in [2.05, 4.69) is 33.9 Å². The summed E-state index contributed by atoms with van der Waals surface area (Å²) in [6, 6.07) is 0. The molecule has 0 aromatic heterocycles. The zero-order valence-electron chi connectivity index (χ0n) is 11.5. The van der Waals surface area contributed by atoms with Crippen molar-refractivity contribution in [1.29, 1.82) is 0 Å². The lowest BCUT2D eigenvalue weighted by atomic mass is 10.2. The minimum absolute atomic E-state index is 0.0842. The third-order valence-electron chi connectivity index (χ3n) is 3.03. The van der Waals surface area contributed by atoms with E-state index in [4.69, 9.17) is 9.16 Å². The Labute approximate surface area is 100.0 Å². The Balaban J connectivity index is 4.83. The van der Waals surface area contributed by atoms with Gasteiger partial charge in [0.25, 0.3) is 0 Å². The molecule has 0 spiro atoms. The summed E-state index contributed by atoms with van der Waals surface area (Å²) in [6.07, 6.45) is 2.98. The highest BCUT2D eigenvalue weighted by molar-refractivity contribution is 6.74. The fraction of sp³-hybridized carbons (Fsp3) is 0.750. The van der Waals surface area contributed by atoms with E-state index in [0.29, 0.717) is 0 Å². The van der Waals surface area contributed by atoms with Gasteiger partial charge in [0.1, 0.15) is 0 Å². The van der Waals surface area contributed by atoms with Crippen LogP contribution in [-0.4, -0.2) is 27.5 Å². The molecule has 0 aliphatic heterocycles. The van der Waals surface area contributed by atoms with E-state index in [-0.39, 0.29) is 11.0 Å². The molecule has 0 aromatic carbocycles. The van der Waals surface area contributed by atoms with Crippen molar-refractivity contribution in [1.82, 2.24) is 0 Å². The zero-order valence-corrected chi connectivity index (χ0v) is 12.5. The summed E-state index contributed by atoms with van der Waals surface area (Å²) < 4.78 is 10.7. The molecule has 0 saturated heterocycles. The number of hydrogen-bond donors (Lipinski definition) is 0. The molecule has 0 rings (SSSR count). The van der Waals surface area contributed by atoms with Crippen LogP contribution in [0, 0.1) is 0 Å². The summed E-state index contributed by atoms with van der Waals surface area (Å²) in [4.78, 5) is 11.5. The lowest BCUT2D eigenvalue weighted by Crippen LogP contribution is -2.45. The van der Waals surface area contributed by atoms with Crippen molar-refractivity contribution in [3.63, 3.8) is 0 Å². The highest BCUT2D eigenvalue weighted by Crippen LogP contribution is 2.37. The van der Waals surface area contributed by atoms with E-state index in [0.717, 1.165) is 0 Å². The molecule has 0 bridgehead atoms. The van der Waals surface area contributed by atoms with Crippen LogP contribution in [0.4, 0.5) is 0 Å². The maximum atomic E-state index is 11.5. The van der Waals surface area contributed by atoms with Crippen LogP contribution >= 0.6 is 0 Å². The van der Waals surface area contributed by atoms with Crippen LogP contribution in [-0.2, 0) is 14.0 Å². The molecule has 0 N–H and O–H groups in total. The molecule has 1 unspecified atom stereocenters. The van der Waals surface area contributed by atoms with Crippen molar-refractivity contribution < 1.29 is 14.0 Å². The lowest BCUT2D eigenvalue weighted by molar-refractivity contribution is -0.147. The number of ether oxygens (including phenoxy) is 1. The van der Waals surface area contributed by atoms with E-state index < -0.39 is 14.4 Å². The van der Waals surface area contributed by atoms with Gasteiger partial charge in [0.05, 0.1) is 7.11 Å². The number of rotatable bonds is 4. The number of carbonyl (C=O) groups is 1. The number of allylic oxidation sites excluding steroid dienone is 1. The van der Waals surface area contributed by atoms with Gasteiger partial charge >= 0.3 is 5.97 Å². The molecule has 0 saturated carbocycles. The number of methoxy groups -OCH3 is 1. The summed E-state index contributed by atoms with van der Waals surface area (Å²) in [5.74, 6) is -0.331. The number of carbonyl (C=O) groups excluding carboxylic acids is 1. The minimum Gasteiger partial charge on any atom is -0.467 e. The fourth-order valence-corrected chi connectivity index (χ4v) is 2.11. The average Bonchev–Trinajstić information content (AvgIpc) is 2.14. The second-order valence-electron chi connectivity index (χ2n) is 5.35. The van der Waals surface area contributed by atoms with Crippen LogP contribution in [0.2, 0.25) is 18.1 Å². The van der Waals surface area contributed by atoms with Crippen LogP contribution in [0.3, 0.4) is 0 Å². The molecule has 1 atom stereocenters. The minimum atomic E-state index is -1.94.